The van der Waals surface area contributed by atoms with Crippen molar-refractivity contribution in [2.24, 2.45) is 0 Å². The van der Waals surface area contributed by atoms with Gasteiger partial charge in [0.05, 0.1) is 23.1 Å². The van der Waals surface area contributed by atoms with E-state index in [2.05, 4.69) is 0 Å². The van der Waals surface area contributed by atoms with Gasteiger partial charge in [-0.2, -0.15) is 0 Å². The average molecular weight is 402 g/mol. The highest BCUT2D eigenvalue weighted by atomic mass is 32.1. The molecule has 0 spiro atoms. The lowest BCUT2D eigenvalue weighted by Crippen LogP contribution is -2.48. The van der Waals surface area contributed by atoms with Gasteiger partial charge in [-0.3, -0.25) is 14.4 Å². The molecule has 2 saturated heterocycles. The minimum absolute atomic E-state index is 0.0972. The molecule has 0 N–H and O–H groups in total. The van der Waals surface area contributed by atoms with E-state index in [9.17, 15) is 18.8 Å². The molecule has 2 fully saturated rings. The standard InChI is InChI=1S/C20H19FN2O4S/c21-13-5-7-14(8-6-13)23-18(24)11-16(19(23)25)22(12-15-3-1-9-27-15)20(26)17-4-2-10-28-17/h2,4-8,10,15-16H,1,3,9,11-12H2. The molecular formula is C20H19FN2O4S. The van der Waals surface area contributed by atoms with Crippen LogP contribution in [0.25, 0.3) is 0 Å². The highest BCUT2D eigenvalue weighted by Gasteiger charge is 2.45. The molecular weight excluding hydrogens is 383 g/mol. The van der Waals surface area contributed by atoms with Crippen LogP contribution >= 0.6 is 11.3 Å². The van der Waals surface area contributed by atoms with Crippen LogP contribution in [0.4, 0.5) is 10.1 Å². The van der Waals surface area contributed by atoms with E-state index in [1.807, 2.05) is 0 Å². The van der Waals surface area contributed by atoms with E-state index >= 15 is 0 Å². The van der Waals surface area contributed by atoms with Gasteiger partial charge in [0.25, 0.3) is 11.8 Å². The Kier molecular flexibility index (Phi) is 5.23. The molecule has 0 radical (unpaired) electrons. The summed E-state index contributed by atoms with van der Waals surface area (Å²) in [6, 6.07) is 7.76. The van der Waals surface area contributed by atoms with Crippen LogP contribution in [0.5, 0.6) is 0 Å². The first-order chi connectivity index (χ1) is 13.5. The molecule has 146 valence electrons. The van der Waals surface area contributed by atoms with Crippen molar-refractivity contribution >= 4 is 34.7 Å². The van der Waals surface area contributed by atoms with Gasteiger partial charge >= 0.3 is 0 Å². The molecule has 2 aliphatic heterocycles. The Hall–Kier alpha value is -2.58. The number of benzene rings is 1. The number of anilines is 1. The first-order valence-corrected chi connectivity index (χ1v) is 10.0. The molecule has 4 rings (SSSR count). The fourth-order valence-electron chi connectivity index (χ4n) is 3.62. The minimum atomic E-state index is -0.892. The lowest BCUT2D eigenvalue weighted by atomic mass is 10.1. The summed E-state index contributed by atoms with van der Waals surface area (Å²) in [6.45, 7) is 0.891. The molecule has 2 unspecified atom stereocenters. The summed E-state index contributed by atoms with van der Waals surface area (Å²) in [5.41, 5.74) is 0.305. The molecule has 6 nitrogen and oxygen atoms in total. The van der Waals surface area contributed by atoms with E-state index in [4.69, 9.17) is 4.74 Å². The Morgan fingerprint density at radius 1 is 1.25 bits per heavy atom. The fraction of sp³-hybridized carbons (Fsp3) is 0.350. The molecule has 2 aromatic rings. The summed E-state index contributed by atoms with van der Waals surface area (Å²) in [6.07, 6.45) is 1.47. The zero-order valence-electron chi connectivity index (χ0n) is 15.0. The van der Waals surface area contributed by atoms with E-state index in [0.717, 1.165) is 17.7 Å². The van der Waals surface area contributed by atoms with Crippen LogP contribution in [0, 0.1) is 5.82 Å². The predicted octanol–water partition coefficient (Wildman–Crippen LogP) is 2.84. The van der Waals surface area contributed by atoms with Gasteiger partial charge in [-0.05, 0) is 48.6 Å². The summed E-state index contributed by atoms with van der Waals surface area (Å²) in [5.74, 6) is -1.61. The number of carbonyl (C=O) groups is 3. The maximum Gasteiger partial charge on any atom is 0.264 e. The van der Waals surface area contributed by atoms with Crippen LogP contribution in [0.2, 0.25) is 0 Å². The van der Waals surface area contributed by atoms with Gasteiger partial charge in [0.15, 0.2) is 0 Å². The lowest BCUT2D eigenvalue weighted by Gasteiger charge is -2.29. The molecule has 2 aliphatic rings. The number of nitrogens with zero attached hydrogens (tertiary/aromatic N) is 2. The van der Waals surface area contributed by atoms with E-state index in [-0.39, 0.29) is 25.0 Å². The monoisotopic (exact) mass is 402 g/mol. The number of hydrogen-bond donors (Lipinski definition) is 0. The van der Waals surface area contributed by atoms with Gasteiger partial charge < -0.3 is 9.64 Å². The van der Waals surface area contributed by atoms with Gasteiger partial charge in [-0.25, -0.2) is 9.29 Å². The maximum atomic E-state index is 13.2. The van der Waals surface area contributed by atoms with Crippen molar-refractivity contribution in [3.63, 3.8) is 0 Å². The van der Waals surface area contributed by atoms with E-state index < -0.39 is 23.7 Å². The van der Waals surface area contributed by atoms with E-state index in [0.29, 0.717) is 17.2 Å². The Morgan fingerprint density at radius 2 is 2.04 bits per heavy atom. The average Bonchev–Trinajstić information content (AvgIpc) is 3.43. The summed E-state index contributed by atoms with van der Waals surface area (Å²) in [5, 5.41) is 1.80. The van der Waals surface area contributed by atoms with Crippen molar-refractivity contribution in [2.75, 3.05) is 18.1 Å². The largest absolute Gasteiger partial charge is 0.376 e. The normalized spacial score (nSPS) is 22.1. The first-order valence-electron chi connectivity index (χ1n) is 9.13. The molecule has 28 heavy (non-hydrogen) atoms. The molecule has 1 aromatic heterocycles. The molecule has 0 bridgehead atoms. The fourth-order valence-corrected chi connectivity index (χ4v) is 4.30. The maximum absolute atomic E-state index is 13.2. The van der Waals surface area contributed by atoms with Gasteiger partial charge in [0.1, 0.15) is 11.9 Å². The summed E-state index contributed by atoms with van der Waals surface area (Å²) >= 11 is 1.29. The predicted molar refractivity (Wildman–Crippen MR) is 102 cm³/mol. The summed E-state index contributed by atoms with van der Waals surface area (Å²) in [4.78, 5) is 41.7. The minimum Gasteiger partial charge on any atom is -0.376 e. The first kappa shape index (κ1) is 18.8. The van der Waals surface area contributed by atoms with Gasteiger partial charge in [0.2, 0.25) is 5.91 Å². The summed E-state index contributed by atoms with van der Waals surface area (Å²) in [7, 11) is 0. The van der Waals surface area contributed by atoms with Crippen molar-refractivity contribution < 1.29 is 23.5 Å². The second kappa shape index (κ2) is 7.81. The molecule has 1 aromatic carbocycles. The Morgan fingerprint density at radius 3 is 2.68 bits per heavy atom. The number of carbonyl (C=O) groups excluding carboxylic acids is 3. The third-order valence-corrected chi connectivity index (χ3v) is 5.86. The quantitative estimate of drug-likeness (QED) is 0.722. The van der Waals surface area contributed by atoms with Crippen LogP contribution in [0.3, 0.4) is 0 Å². The number of thiophene rings is 1. The number of hydrogen-bond acceptors (Lipinski definition) is 5. The van der Waals surface area contributed by atoms with Gasteiger partial charge in [0, 0.05) is 13.2 Å². The SMILES string of the molecule is O=C1CC(N(CC2CCCO2)C(=O)c2cccs2)C(=O)N1c1ccc(F)cc1. The second-order valence-corrected chi connectivity index (χ2v) is 7.78. The van der Waals surface area contributed by atoms with Gasteiger partial charge in [-0.1, -0.05) is 6.07 Å². The third kappa shape index (κ3) is 3.57. The number of imide groups is 1. The number of rotatable bonds is 5. The zero-order chi connectivity index (χ0) is 19.7. The zero-order valence-corrected chi connectivity index (χ0v) is 15.9. The Bertz CT molecular complexity index is 878. The van der Waals surface area contributed by atoms with Gasteiger partial charge in [-0.15, -0.1) is 11.3 Å². The number of amides is 3. The third-order valence-electron chi connectivity index (χ3n) is 5.00. The van der Waals surface area contributed by atoms with Crippen molar-refractivity contribution in [1.29, 1.82) is 0 Å². The van der Waals surface area contributed by atoms with Crippen molar-refractivity contribution in [1.82, 2.24) is 4.90 Å². The van der Waals surface area contributed by atoms with Crippen LogP contribution < -0.4 is 4.90 Å². The molecule has 2 atom stereocenters. The smallest absolute Gasteiger partial charge is 0.264 e. The number of ether oxygens (including phenoxy) is 1. The molecule has 0 saturated carbocycles. The highest BCUT2D eigenvalue weighted by molar-refractivity contribution is 7.12. The van der Waals surface area contributed by atoms with Crippen molar-refractivity contribution in [3.05, 3.63) is 52.5 Å². The molecule has 3 heterocycles. The Labute approximate surface area is 165 Å². The Balaban J connectivity index is 1.61. The lowest BCUT2D eigenvalue weighted by molar-refractivity contribution is -0.122. The molecule has 0 aliphatic carbocycles. The topological polar surface area (TPSA) is 66.9 Å². The summed E-state index contributed by atoms with van der Waals surface area (Å²) < 4.78 is 18.9. The van der Waals surface area contributed by atoms with Crippen molar-refractivity contribution in [3.8, 4) is 0 Å². The van der Waals surface area contributed by atoms with E-state index in [1.165, 1.54) is 40.5 Å². The second-order valence-electron chi connectivity index (χ2n) is 6.83. The van der Waals surface area contributed by atoms with E-state index in [1.54, 1.807) is 17.5 Å². The van der Waals surface area contributed by atoms with Crippen LogP contribution in [0.15, 0.2) is 41.8 Å². The van der Waals surface area contributed by atoms with Crippen LogP contribution in [-0.2, 0) is 14.3 Å². The van der Waals surface area contributed by atoms with Crippen LogP contribution in [-0.4, -0.2) is 47.9 Å². The molecule has 8 heteroatoms. The van der Waals surface area contributed by atoms with Crippen molar-refractivity contribution in [2.45, 2.75) is 31.4 Å². The molecule has 3 amide bonds. The number of halogens is 1. The van der Waals surface area contributed by atoms with Crippen LogP contribution in [0.1, 0.15) is 28.9 Å². The highest BCUT2D eigenvalue weighted by Crippen LogP contribution is 2.28.